The summed E-state index contributed by atoms with van der Waals surface area (Å²) in [7, 11) is 0. The third-order valence-corrected chi connectivity index (χ3v) is 2.42. The fourth-order valence-electron chi connectivity index (χ4n) is 1.66. The molecule has 2 aromatic rings. The molecule has 0 atom stereocenters. The molecule has 0 aliphatic carbocycles. The van der Waals surface area contributed by atoms with Gasteiger partial charge in [-0.2, -0.15) is 0 Å². The van der Waals surface area contributed by atoms with Crippen molar-refractivity contribution in [3.63, 3.8) is 0 Å². The highest BCUT2D eigenvalue weighted by Crippen LogP contribution is 2.15. The molecule has 0 aromatic heterocycles. The molecule has 2 aromatic carbocycles. The van der Waals surface area contributed by atoms with Crippen LogP contribution in [0.25, 0.3) is 10.8 Å². The number of aliphatic carboxylic acids is 1. The molecule has 2 nitrogen and oxygen atoms in total. The zero-order valence-corrected chi connectivity index (χ0v) is 8.72. The average molecular weight is 211 g/mol. The van der Waals surface area contributed by atoms with E-state index in [0.717, 1.165) is 11.6 Å². The van der Waals surface area contributed by atoms with E-state index >= 15 is 0 Å². The van der Waals surface area contributed by atoms with Crippen molar-refractivity contribution in [2.75, 3.05) is 0 Å². The van der Waals surface area contributed by atoms with Gasteiger partial charge in [0.25, 0.3) is 0 Å². The van der Waals surface area contributed by atoms with Gasteiger partial charge in [0.05, 0.1) is 5.97 Å². The molecular formula is C14H11O2-. The summed E-state index contributed by atoms with van der Waals surface area (Å²) >= 11 is 0. The minimum Gasteiger partial charge on any atom is -0.545 e. The molecule has 0 radical (unpaired) electrons. The lowest BCUT2D eigenvalue weighted by molar-refractivity contribution is -0.297. The standard InChI is InChI=1S/C14H12O2/c15-14(16)7-3-4-11-8-9-12-5-1-2-6-13(12)10-11/h1-3,5-10H,4H2,(H,15,16)/p-1/b7-3+. The Bertz CT molecular complexity index is 541. The lowest BCUT2D eigenvalue weighted by Gasteiger charge is -2.01. The summed E-state index contributed by atoms with van der Waals surface area (Å²) in [6.45, 7) is 0. The first kappa shape index (κ1) is 10.4. The van der Waals surface area contributed by atoms with Crippen LogP contribution in [0, 0.1) is 0 Å². The van der Waals surface area contributed by atoms with Crippen molar-refractivity contribution in [1.82, 2.24) is 0 Å². The fourth-order valence-corrected chi connectivity index (χ4v) is 1.66. The second-order valence-electron chi connectivity index (χ2n) is 3.61. The van der Waals surface area contributed by atoms with Crippen molar-refractivity contribution in [2.24, 2.45) is 0 Å². The molecule has 0 aliphatic rings. The molecule has 0 saturated carbocycles. The van der Waals surface area contributed by atoms with Crippen LogP contribution in [-0.2, 0) is 11.2 Å². The van der Waals surface area contributed by atoms with Gasteiger partial charge in [0.15, 0.2) is 0 Å². The van der Waals surface area contributed by atoms with E-state index in [9.17, 15) is 9.90 Å². The van der Waals surface area contributed by atoms with Crippen molar-refractivity contribution < 1.29 is 9.90 Å². The van der Waals surface area contributed by atoms with Gasteiger partial charge in [-0.05, 0) is 28.8 Å². The van der Waals surface area contributed by atoms with E-state index < -0.39 is 5.97 Å². The summed E-state index contributed by atoms with van der Waals surface area (Å²) < 4.78 is 0. The zero-order chi connectivity index (χ0) is 11.4. The fraction of sp³-hybridized carbons (Fsp3) is 0.0714. The van der Waals surface area contributed by atoms with E-state index in [0.29, 0.717) is 6.42 Å². The van der Waals surface area contributed by atoms with E-state index in [1.54, 1.807) is 6.08 Å². The van der Waals surface area contributed by atoms with Gasteiger partial charge in [-0.25, -0.2) is 0 Å². The second kappa shape index (κ2) is 4.62. The lowest BCUT2D eigenvalue weighted by Crippen LogP contribution is -2.18. The maximum Gasteiger partial charge on any atom is 0.0639 e. The summed E-state index contributed by atoms with van der Waals surface area (Å²) in [4.78, 5) is 10.2. The molecule has 0 spiro atoms. The molecule has 0 amide bonds. The van der Waals surface area contributed by atoms with Crippen LogP contribution in [0.15, 0.2) is 54.6 Å². The Morgan fingerprint density at radius 1 is 1.12 bits per heavy atom. The molecule has 0 bridgehead atoms. The van der Waals surface area contributed by atoms with Crippen LogP contribution >= 0.6 is 0 Å². The highest BCUT2D eigenvalue weighted by atomic mass is 16.4. The lowest BCUT2D eigenvalue weighted by atomic mass is 10.1. The molecule has 80 valence electrons. The van der Waals surface area contributed by atoms with Crippen LogP contribution in [0.1, 0.15) is 5.56 Å². The summed E-state index contributed by atoms with van der Waals surface area (Å²) in [5.41, 5.74) is 1.09. The largest absolute Gasteiger partial charge is 0.545 e. The number of carbonyl (C=O) groups is 1. The van der Waals surface area contributed by atoms with Crippen LogP contribution in [0.5, 0.6) is 0 Å². The van der Waals surface area contributed by atoms with Crippen molar-refractivity contribution in [3.8, 4) is 0 Å². The first-order valence-electron chi connectivity index (χ1n) is 5.11. The van der Waals surface area contributed by atoms with E-state index in [2.05, 4.69) is 12.1 Å². The number of benzene rings is 2. The van der Waals surface area contributed by atoms with Crippen LogP contribution in [0.3, 0.4) is 0 Å². The maximum absolute atomic E-state index is 10.2. The zero-order valence-electron chi connectivity index (χ0n) is 8.72. The van der Waals surface area contributed by atoms with E-state index in [4.69, 9.17) is 0 Å². The Hall–Kier alpha value is -2.09. The summed E-state index contributed by atoms with van der Waals surface area (Å²) in [5, 5.41) is 12.6. The normalized spacial score (nSPS) is 11.0. The van der Waals surface area contributed by atoms with Crippen molar-refractivity contribution in [2.45, 2.75) is 6.42 Å². The van der Waals surface area contributed by atoms with Crippen LogP contribution in [0.2, 0.25) is 0 Å². The second-order valence-corrected chi connectivity index (χ2v) is 3.61. The van der Waals surface area contributed by atoms with E-state index in [-0.39, 0.29) is 0 Å². The Kier molecular flexibility index (Phi) is 3.01. The number of carboxylic acid groups (broad SMARTS) is 1. The molecule has 16 heavy (non-hydrogen) atoms. The first-order valence-corrected chi connectivity index (χ1v) is 5.11. The molecule has 0 saturated heterocycles. The Labute approximate surface area is 93.8 Å². The molecule has 0 aliphatic heterocycles. The number of hydrogen-bond donors (Lipinski definition) is 0. The number of carboxylic acids is 1. The quantitative estimate of drug-likeness (QED) is 0.725. The van der Waals surface area contributed by atoms with Gasteiger partial charge in [-0.15, -0.1) is 0 Å². The number of hydrogen-bond acceptors (Lipinski definition) is 2. The van der Waals surface area contributed by atoms with Crippen molar-refractivity contribution >= 4 is 16.7 Å². The molecular weight excluding hydrogens is 200 g/mol. The van der Waals surface area contributed by atoms with E-state index in [1.165, 1.54) is 10.8 Å². The molecule has 0 N–H and O–H groups in total. The topological polar surface area (TPSA) is 40.1 Å². The van der Waals surface area contributed by atoms with E-state index in [1.807, 2.05) is 30.3 Å². The molecule has 0 unspecified atom stereocenters. The number of fused-ring (bicyclic) bond motifs is 1. The Morgan fingerprint density at radius 3 is 2.62 bits per heavy atom. The maximum atomic E-state index is 10.2. The molecule has 0 heterocycles. The predicted molar refractivity (Wildman–Crippen MR) is 61.8 cm³/mol. The number of rotatable bonds is 3. The first-order chi connectivity index (χ1) is 7.75. The Morgan fingerprint density at radius 2 is 1.88 bits per heavy atom. The van der Waals surface area contributed by atoms with Gasteiger partial charge < -0.3 is 9.90 Å². The van der Waals surface area contributed by atoms with Gasteiger partial charge >= 0.3 is 0 Å². The smallest absolute Gasteiger partial charge is 0.0639 e. The highest BCUT2D eigenvalue weighted by Gasteiger charge is 1.93. The molecule has 0 fully saturated rings. The minimum atomic E-state index is -1.15. The summed E-state index contributed by atoms with van der Waals surface area (Å²) in [6, 6.07) is 14.2. The van der Waals surface area contributed by atoms with Gasteiger partial charge in [-0.1, -0.05) is 48.5 Å². The van der Waals surface area contributed by atoms with Crippen LogP contribution in [-0.4, -0.2) is 5.97 Å². The summed E-state index contributed by atoms with van der Waals surface area (Å²) in [5.74, 6) is -1.15. The van der Waals surface area contributed by atoms with Gasteiger partial charge in [0.2, 0.25) is 0 Å². The Balaban J connectivity index is 2.23. The average Bonchev–Trinajstić information content (AvgIpc) is 2.28. The minimum absolute atomic E-state index is 0.610. The number of carbonyl (C=O) groups excluding carboxylic acids is 1. The third-order valence-electron chi connectivity index (χ3n) is 2.42. The van der Waals surface area contributed by atoms with Gasteiger partial charge in [0.1, 0.15) is 0 Å². The highest BCUT2D eigenvalue weighted by molar-refractivity contribution is 5.83. The van der Waals surface area contributed by atoms with Gasteiger partial charge in [-0.3, -0.25) is 0 Å². The predicted octanol–water partition coefficient (Wildman–Crippen LogP) is 1.69. The van der Waals surface area contributed by atoms with Gasteiger partial charge in [0, 0.05) is 0 Å². The number of allylic oxidation sites excluding steroid dienone is 1. The van der Waals surface area contributed by atoms with Crippen LogP contribution in [0.4, 0.5) is 0 Å². The summed E-state index contributed by atoms with van der Waals surface area (Å²) in [6.07, 6.45) is 3.27. The van der Waals surface area contributed by atoms with Crippen molar-refractivity contribution in [3.05, 3.63) is 60.2 Å². The molecule has 2 heteroatoms. The van der Waals surface area contributed by atoms with Crippen LogP contribution < -0.4 is 5.11 Å². The SMILES string of the molecule is O=C([O-])/C=C/Cc1ccc2ccccc2c1. The molecule has 2 rings (SSSR count). The monoisotopic (exact) mass is 211 g/mol. The third kappa shape index (κ3) is 2.48. The van der Waals surface area contributed by atoms with Crippen molar-refractivity contribution in [1.29, 1.82) is 0 Å².